The molecule has 0 N–H and O–H groups in total. The largest absolute Gasteiger partial charge is 0.481 e. The summed E-state index contributed by atoms with van der Waals surface area (Å²) in [6.45, 7) is 1.46. The molecule has 1 unspecified atom stereocenters. The van der Waals surface area contributed by atoms with Gasteiger partial charge in [-0.3, -0.25) is 4.79 Å². The number of carbonyl (C=O) groups excluding carboxylic acids is 1. The maximum absolute atomic E-state index is 11.7. The number of benzene rings is 1. The Balaban J connectivity index is 2.27. The highest BCUT2D eigenvalue weighted by Crippen LogP contribution is 2.33. The van der Waals surface area contributed by atoms with E-state index in [1.807, 2.05) is 12.1 Å². The van der Waals surface area contributed by atoms with Crippen LogP contribution in [0.1, 0.15) is 12.5 Å². The van der Waals surface area contributed by atoms with E-state index in [1.54, 1.807) is 12.1 Å². The van der Waals surface area contributed by atoms with Gasteiger partial charge < -0.3 is 9.15 Å². The lowest BCUT2D eigenvalue weighted by Gasteiger charge is -2.06. The van der Waals surface area contributed by atoms with Gasteiger partial charge >= 0.3 is 5.63 Å². The van der Waals surface area contributed by atoms with E-state index in [0.717, 1.165) is 5.39 Å². The summed E-state index contributed by atoms with van der Waals surface area (Å²) in [5.74, 6) is 0.418. The fourth-order valence-electron chi connectivity index (χ4n) is 2.07. The number of fused-ring (bicyclic) bond motifs is 3. The van der Waals surface area contributed by atoms with Crippen molar-refractivity contribution in [2.24, 2.45) is 0 Å². The van der Waals surface area contributed by atoms with Crippen molar-refractivity contribution < 1.29 is 13.9 Å². The van der Waals surface area contributed by atoms with Crippen molar-refractivity contribution in [2.45, 2.75) is 19.4 Å². The van der Waals surface area contributed by atoms with Gasteiger partial charge in [0.05, 0.1) is 10.9 Å². The van der Waals surface area contributed by atoms with Crippen LogP contribution in [-0.2, 0) is 11.2 Å². The van der Waals surface area contributed by atoms with E-state index < -0.39 is 11.7 Å². The van der Waals surface area contributed by atoms with E-state index in [-0.39, 0.29) is 5.78 Å². The molecule has 0 bridgehead atoms. The Kier molecular flexibility index (Phi) is 2.04. The van der Waals surface area contributed by atoms with Gasteiger partial charge in [0.1, 0.15) is 11.3 Å². The molecule has 2 heterocycles. The Hall–Kier alpha value is -2.10. The molecular formula is C13H10O4. The smallest absolute Gasteiger partial charge is 0.343 e. The second-order valence-corrected chi connectivity index (χ2v) is 4.11. The van der Waals surface area contributed by atoms with E-state index in [2.05, 4.69) is 0 Å². The molecule has 1 aliphatic heterocycles. The average Bonchev–Trinajstić information content (AvgIpc) is 2.75. The van der Waals surface area contributed by atoms with Gasteiger partial charge in [0.2, 0.25) is 0 Å². The van der Waals surface area contributed by atoms with Gasteiger partial charge in [0.15, 0.2) is 11.9 Å². The molecular weight excluding hydrogens is 220 g/mol. The molecule has 3 rings (SSSR count). The molecule has 2 aromatic rings. The van der Waals surface area contributed by atoms with Crippen molar-refractivity contribution in [1.29, 1.82) is 0 Å². The van der Waals surface area contributed by atoms with Crippen molar-refractivity contribution in [3.63, 3.8) is 0 Å². The van der Waals surface area contributed by atoms with E-state index in [9.17, 15) is 9.59 Å². The van der Waals surface area contributed by atoms with Gasteiger partial charge in [0, 0.05) is 6.42 Å². The summed E-state index contributed by atoms with van der Waals surface area (Å²) in [7, 11) is 0. The topological polar surface area (TPSA) is 56.5 Å². The Morgan fingerprint density at radius 2 is 2.12 bits per heavy atom. The summed E-state index contributed by atoms with van der Waals surface area (Å²) in [5, 5.41) is 0.742. The summed E-state index contributed by atoms with van der Waals surface area (Å²) in [4.78, 5) is 23.0. The molecule has 1 aromatic heterocycles. The lowest BCUT2D eigenvalue weighted by Crippen LogP contribution is -2.22. The molecule has 0 aliphatic carbocycles. The minimum absolute atomic E-state index is 0.0790. The van der Waals surface area contributed by atoms with Crippen molar-refractivity contribution in [1.82, 2.24) is 0 Å². The molecule has 0 radical (unpaired) electrons. The monoisotopic (exact) mass is 230 g/mol. The Morgan fingerprint density at radius 3 is 2.88 bits per heavy atom. The van der Waals surface area contributed by atoms with Crippen LogP contribution in [-0.4, -0.2) is 11.9 Å². The van der Waals surface area contributed by atoms with Crippen molar-refractivity contribution in [3.05, 3.63) is 40.2 Å². The molecule has 4 nitrogen and oxygen atoms in total. The fraction of sp³-hybridized carbons (Fsp3) is 0.231. The lowest BCUT2D eigenvalue weighted by molar-refractivity contribution is -0.122. The minimum atomic E-state index is -0.557. The number of hydrogen-bond acceptors (Lipinski definition) is 4. The zero-order chi connectivity index (χ0) is 12.0. The quantitative estimate of drug-likeness (QED) is 0.699. The summed E-state index contributed by atoms with van der Waals surface area (Å²) < 4.78 is 10.7. The van der Waals surface area contributed by atoms with Crippen LogP contribution >= 0.6 is 0 Å². The molecule has 0 amide bonds. The fourth-order valence-corrected chi connectivity index (χ4v) is 2.07. The highest BCUT2D eigenvalue weighted by atomic mass is 16.5. The highest BCUT2D eigenvalue weighted by molar-refractivity contribution is 5.88. The van der Waals surface area contributed by atoms with Crippen LogP contribution < -0.4 is 10.4 Å². The zero-order valence-electron chi connectivity index (χ0n) is 9.23. The molecule has 1 atom stereocenters. The Labute approximate surface area is 96.8 Å². The summed E-state index contributed by atoms with van der Waals surface area (Å²) in [6, 6.07) is 7.16. The SMILES string of the molecule is CC(=O)C1Cc2c(c3ccccc3oc2=O)O1. The number of hydrogen-bond donors (Lipinski definition) is 0. The van der Waals surface area contributed by atoms with Crippen LogP contribution in [0.15, 0.2) is 33.5 Å². The molecule has 1 aliphatic rings. The predicted molar refractivity (Wildman–Crippen MR) is 61.3 cm³/mol. The van der Waals surface area contributed by atoms with Crippen LogP contribution in [0.3, 0.4) is 0 Å². The van der Waals surface area contributed by atoms with Crippen LogP contribution in [0.4, 0.5) is 0 Å². The number of carbonyl (C=O) groups is 1. The van der Waals surface area contributed by atoms with Gasteiger partial charge in [0.25, 0.3) is 0 Å². The number of Topliss-reactive ketones (excluding diaryl/α,β-unsaturated/α-hetero) is 1. The van der Waals surface area contributed by atoms with Gasteiger partial charge in [-0.1, -0.05) is 12.1 Å². The number of ketones is 1. The summed E-state index contributed by atoms with van der Waals surface area (Å²) in [5.41, 5.74) is 0.534. The van der Waals surface area contributed by atoms with E-state index >= 15 is 0 Å². The zero-order valence-corrected chi connectivity index (χ0v) is 9.23. The van der Waals surface area contributed by atoms with Crippen molar-refractivity contribution in [2.75, 3.05) is 0 Å². The van der Waals surface area contributed by atoms with Gasteiger partial charge in [-0.05, 0) is 19.1 Å². The van der Waals surface area contributed by atoms with Gasteiger partial charge in [-0.2, -0.15) is 0 Å². The first-order valence-electron chi connectivity index (χ1n) is 5.38. The predicted octanol–water partition coefficient (Wildman–Crippen LogP) is 1.69. The first-order chi connectivity index (χ1) is 8.16. The third-order valence-corrected chi connectivity index (χ3v) is 2.96. The third kappa shape index (κ3) is 1.45. The van der Waals surface area contributed by atoms with Crippen LogP contribution in [0, 0.1) is 0 Å². The van der Waals surface area contributed by atoms with Crippen molar-refractivity contribution in [3.8, 4) is 5.75 Å². The Morgan fingerprint density at radius 1 is 1.35 bits per heavy atom. The maximum Gasteiger partial charge on any atom is 0.343 e. The summed E-state index contributed by atoms with van der Waals surface area (Å²) >= 11 is 0. The number of ether oxygens (including phenoxy) is 1. The molecule has 0 spiro atoms. The molecule has 0 saturated heterocycles. The lowest BCUT2D eigenvalue weighted by atomic mass is 10.1. The van der Waals surface area contributed by atoms with Crippen LogP contribution in [0.5, 0.6) is 5.75 Å². The van der Waals surface area contributed by atoms with Crippen molar-refractivity contribution >= 4 is 16.8 Å². The van der Waals surface area contributed by atoms with Gasteiger partial charge in [-0.15, -0.1) is 0 Å². The summed E-state index contributed by atoms with van der Waals surface area (Å²) in [6.07, 6.45) is -0.253. The third-order valence-electron chi connectivity index (χ3n) is 2.96. The average molecular weight is 230 g/mol. The molecule has 86 valence electrons. The second kappa shape index (κ2) is 3.45. The van der Waals surface area contributed by atoms with E-state index in [4.69, 9.17) is 9.15 Å². The first-order valence-corrected chi connectivity index (χ1v) is 5.38. The van der Waals surface area contributed by atoms with E-state index in [0.29, 0.717) is 23.3 Å². The standard InChI is InChI=1S/C13H10O4/c1-7(14)11-6-9-12(16-11)8-4-2-3-5-10(8)17-13(9)15/h2-5,11H,6H2,1H3. The maximum atomic E-state index is 11.7. The Bertz CT molecular complexity index is 669. The highest BCUT2D eigenvalue weighted by Gasteiger charge is 2.31. The number of rotatable bonds is 1. The molecule has 0 fully saturated rings. The number of para-hydroxylation sites is 1. The molecule has 17 heavy (non-hydrogen) atoms. The first kappa shape index (κ1) is 10.1. The van der Waals surface area contributed by atoms with E-state index in [1.165, 1.54) is 6.92 Å². The van der Waals surface area contributed by atoms with Crippen LogP contribution in [0.2, 0.25) is 0 Å². The minimum Gasteiger partial charge on any atom is -0.481 e. The van der Waals surface area contributed by atoms with Crippen LogP contribution in [0.25, 0.3) is 11.0 Å². The normalized spacial score (nSPS) is 17.8. The molecule has 4 heteroatoms. The second-order valence-electron chi connectivity index (χ2n) is 4.11. The van der Waals surface area contributed by atoms with Gasteiger partial charge in [-0.25, -0.2) is 4.79 Å². The molecule has 0 saturated carbocycles. The molecule has 1 aromatic carbocycles.